The Morgan fingerprint density at radius 1 is 1.00 bits per heavy atom. The molecule has 0 unspecified atom stereocenters. The van der Waals surface area contributed by atoms with E-state index in [1.165, 1.54) is 12.1 Å². The van der Waals surface area contributed by atoms with Gasteiger partial charge in [0.25, 0.3) is 0 Å². The van der Waals surface area contributed by atoms with E-state index in [1.807, 2.05) is 30.0 Å². The van der Waals surface area contributed by atoms with Gasteiger partial charge in [0.15, 0.2) is 9.84 Å². The summed E-state index contributed by atoms with van der Waals surface area (Å²) in [6.45, 7) is 9.19. The normalized spacial score (nSPS) is 16.9. The van der Waals surface area contributed by atoms with Crippen molar-refractivity contribution in [1.29, 1.82) is 0 Å². The number of piperidine rings is 2. The fourth-order valence-corrected chi connectivity index (χ4v) is 7.79. The highest BCUT2D eigenvalue weighted by Crippen LogP contribution is 2.29. The lowest BCUT2D eigenvalue weighted by Gasteiger charge is -2.35. The van der Waals surface area contributed by atoms with E-state index in [4.69, 9.17) is 16.3 Å². The van der Waals surface area contributed by atoms with Crippen LogP contribution in [0, 0.1) is 12.8 Å². The molecular formula is C32H43ClN4O6S. The molecule has 2 heterocycles. The summed E-state index contributed by atoms with van der Waals surface area (Å²) >= 11 is 6.43. The maximum atomic E-state index is 13.7. The quantitative estimate of drug-likeness (QED) is 0.380. The highest BCUT2D eigenvalue weighted by molar-refractivity contribution is 7.92. The summed E-state index contributed by atoms with van der Waals surface area (Å²) in [6, 6.07) is 11.9. The number of nitrogens with zero attached hydrogens (tertiary/aromatic N) is 3. The van der Waals surface area contributed by atoms with Crippen molar-refractivity contribution >= 4 is 50.7 Å². The third kappa shape index (κ3) is 8.51. The molecular weight excluding hydrogens is 604 g/mol. The van der Waals surface area contributed by atoms with E-state index in [1.54, 1.807) is 30.9 Å². The zero-order chi connectivity index (χ0) is 31.9. The second-order valence-electron chi connectivity index (χ2n) is 11.5. The Kier molecular flexibility index (Phi) is 11.7. The summed E-state index contributed by atoms with van der Waals surface area (Å²) in [5.41, 5.74) is 2.19. The van der Waals surface area contributed by atoms with Crippen molar-refractivity contribution in [2.45, 2.75) is 63.0 Å². The molecule has 0 aromatic heterocycles. The molecule has 240 valence electrons. The highest BCUT2D eigenvalue weighted by atomic mass is 35.5. The predicted molar refractivity (Wildman–Crippen MR) is 172 cm³/mol. The summed E-state index contributed by atoms with van der Waals surface area (Å²) < 4.78 is 31.5. The number of ether oxygens (including phenoxy) is 1. The lowest BCUT2D eigenvalue weighted by atomic mass is 9.94. The first-order valence-corrected chi connectivity index (χ1v) is 17.2. The zero-order valence-electron chi connectivity index (χ0n) is 25.8. The van der Waals surface area contributed by atoms with Crippen LogP contribution in [0.25, 0.3) is 0 Å². The summed E-state index contributed by atoms with van der Waals surface area (Å²) in [7, 11) is -3.51. The van der Waals surface area contributed by atoms with Gasteiger partial charge in [-0.25, -0.2) is 13.2 Å². The van der Waals surface area contributed by atoms with Crippen LogP contribution in [-0.4, -0.2) is 87.3 Å². The molecule has 4 rings (SSSR count). The van der Waals surface area contributed by atoms with Crippen LogP contribution in [0.4, 0.5) is 16.2 Å². The Bertz CT molecular complexity index is 1420. The third-order valence-corrected chi connectivity index (χ3v) is 11.2. The Hall–Kier alpha value is -3.15. The van der Waals surface area contributed by atoms with Crippen LogP contribution >= 0.6 is 11.6 Å². The Morgan fingerprint density at radius 3 is 2.25 bits per heavy atom. The molecule has 2 fully saturated rings. The minimum absolute atomic E-state index is 0.0379. The first-order chi connectivity index (χ1) is 21.0. The SMILES string of the molecule is CCOC(=O)Nc1ccc(S(=O)(=O)C2CCN(CCCN(C(=O)C3CCN(C(C)=O)CC3)c3ccc(C)c(Cl)c3)CC2)cc1. The van der Waals surface area contributed by atoms with E-state index < -0.39 is 21.2 Å². The molecule has 0 aliphatic carbocycles. The van der Waals surface area contributed by atoms with Gasteiger partial charge in [0.2, 0.25) is 11.8 Å². The van der Waals surface area contributed by atoms with Crippen molar-refractivity contribution in [2.75, 3.05) is 56.1 Å². The van der Waals surface area contributed by atoms with Gasteiger partial charge in [0.05, 0.1) is 16.8 Å². The maximum Gasteiger partial charge on any atom is 0.411 e. The van der Waals surface area contributed by atoms with Crippen molar-refractivity contribution < 1.29 is 27.5 Å². The van der Waals surface area contributed by atoms with Gasteiger partial charge >= 0.3 is 6.09 Å². The Morgan fingerprint density at radius 2 is 1.66 bits per heavy atom. The van der Waals surface area contributed by atoms with Gasteiger partial charge in [-0.05, 0) is 108 Å². The monoisotopic (exact) mass is 646 g/mol. The van der Waals surface area contributed by atoms with Crippen LogP contribution in [0.15, 0.2) is 47.4 Å². The van der Waals surface area contributed by atoms with Crippen molar-refractivity contribution in [2.24, 2.45) is 5.92 Å². The van der Waals surface area contributed by atoms with Gasteiger partial charge in [-0.3, -0.25) is 14.9 Å². The van der Waals surface area contributed by atoms with Gasteiger partial charge < -0.3 is 19.4 Å². The summed E-state index contributed by atoms with van der Waals surface area (Å²) in [5.74, 6) is -0.0566. The fraction of sp³-hybridized carbons (Fsp3) is 0.531. The van der Waals surface area contributed by atoms with Crippen molar-refractivity contribution in [3.05, 3.63) is 53.1 Å². The molecule has 0 bridgehead atoms. The summed E-state index contributed by atoms with van der Waals surface area (Å²) in [4.78, 5) is 43.2. The number of rotatable bonds is 10. The number of benzene rings is 2. The van der Waals surface area contributed by atoms with E-state index in [0.717, 1.165) is 24.2 Å². The van der Waals surface area contributed by atoms with Gasteiger partial charge in [-0.2, -0.15) is 0 Å². The molecule has 0 saturated carbocycles. The number of anilines is 2. The number of likely N-dealkylation sites (tertiary alicyclic amines) is 2. The van der Waals surface area contributed by atoms with Gasteiger partial charge in [-0.15, -0.1) is 0 Å². The first-order valence-electron chi connectivity index (χ1n) is 15.3. The van der Waals surface area contributed by atoms with Crippen LogP contribution in [0.3, 0.4) is 0 Å². The number of nitrogens with one attached hydrogen (secondary N) is 1. The van der Waals surface area contributed by atoms with Crippen molar-refractivity contribution in [3.8, 4) is 0 Å². The van der Waals surface area contributed by atoms with E-state index in [-0.39, 0.29) is 29.2 Å². The third-order valence-electron chi connectivity index (χ3n) is 8.56. The predicted octanol–water partition coefficient (Wildman–Crippen LogP) is 5.14. The Balaban J connectivity index is 1.32. The van der Waals surface area contributed by atoms with Gasteiger partial charge in [0.1, 0.15) is 0 Å². The number of hydrogen-bond donors (Lipinski definition) is 1. The molecule has 44 heavy (non-hydrogen) atoms. The zero-order valence-corrected chi connectivity index (χ0v) is 27.3. The minimum Gasteiger partial charge on any atom is -0.450 e. The van der Waals surface area contributed by atoms with Crippen molar-refractivity contribution in [3.63, 3.8) is 0 Å². The molecule has 10 nitrogen and oxygen atoms in total. The van der Waals surface area contributed by atoms with Gasteiger partial charge in [-0.1, -0.05) is 17.7 Å². The number of hydrogen-bond acceptors (Lipinski definition) is 7. The molecule has 12 heteroatoms. The van der Waals surface area contributed by atoms with Crippen molar-refractivity contribution in [1.82, 2.24) is 9.80 Å². The average molecular weight is 647 g/mol. The summed E-state index contributed by atoms with van der Waals surface area (Å²) in [6.07, 6.45) is 2.48. The summed E-state index contributed by atoms with van der Waals surface area (Å²) in [5, 5.41) is 2.71. The molecule has 0 radical (unpaired) electrons. The number of amides is 3. The topological polar surface area (TPSA) is 116 Å². The highest BCUT2D eigenvalue weighted by Gasteiger charge is 2.32. The second kappa shape index (κ2) is 15.2. The molecule has 2 aliphatic rings. The maximum absolute atomic E-state index is 13.7. The minimum atomic E-state index is -3.51. The van der Waals surface area contributed by atoms with E-state index in [0.29, 0.717) is 69.1 Å². The standard InChI is InChI=1S/C32H43ClN4O6S/c1-4-43-32(40)34-26-7-10-28(11-8-26)44(41,42)29-14-18-35(19-15-29)16-5-17-37(27-9-6-23(2)30(33)22-27)31(39)25-12-20-36(21-13-25)24(3)38/h6-11,22,25,29H,4-5,12-21H2,1-3H3,(H,34,40). The average Bonchev–Trinajstić information content (AvgIpc) is 3.01. The molecule has 0 atom stereocenters. The molecule has 2 aromatic carbocycles. The molecule has 1 N–H and O–H groups in total. The van der Waals surface area contributed by atoms with Crippen LogP contribution in [-0.2, 0) is 24.2 Å². The van der Waals surface area contributed by atoms with E-state index in [9.17, 15) is 22.8 Å². The van der Waals surface area contributed by atoms with Crippen LogP contribution in [0.1, 0.15) is 51.5 Å². The van der Waals surface area contributed by atoms with Crippen LogP contribution < -0.4 is 10.2 Å². The first kappa shape index (κ1) is 33.7. The molecule has 2 aliphatic heterocycles. The number of halogens is 1. The Labute approximate surface area is 265 Å². The molecule has 2 aromatic rings. The number of carbonyl (C=O) groups excluding carboxylic acids is 3. The smallest absolute Gasteiger partial charge is 0.411 e. The molecule has 0 spiro atoms. The second-order valence-corrected chi connectivity index (χ2v) is 14.1. The van der Waals surface area contributed by atoms with Gasteiger partial charge in [0, 0.05) is 48.9 Å². The number of carbonyl (C=O) groups is 3. The number of aryl methyl sites for hydroxylation is 1. The largest absolute Gasteiger partial charge is 0.450 e. The van der Waals surface area contributed by atoms with E-state index in [2.05, 4.69) is 10.2 Å². The molecule has 2 saturated heterocycles. The van der Waals surface area contributed by atoms with Crippen LogP contribution in [0.5, 0.6) is 0 Å². The van der Waals surface area contributed by atoms with E-state index >= 15 is 0 Å². The number of sulfone groups is 1. The van der Waals surface area contributed by atoms with Crippen LogP contribution in [0.2, 0.25) is 5.02 Å². The molecule has 3 amide bonds. The lowest BCUT2D eigenvalue weighted by molar-refractivity contribution is -0.133. The fourth-order valence-electron chi connectivity index (χ4n) is 5.88. The lowest BCUT2D eigenvalue weighted by Crippen LogP contribution is -2.45.